The first kappa shape index (κ1) is 14.3. The Bertz CT molecular complexity index is 660. The Labute approximate surface area is 118 Å². The topological polar surface area (TPSA) is 48.3 Å². The van der Waals surface area contributed by atoms with Gasteiger partial charge in [-0.3, -0.25) is 4.79 Å². The van der Waals surface area contributed by atoms with Gasteiger partial charge in [0.05, 0.1) is 6.61 Å². The molecular weight excluding hydrogens is 254 g/mol. The van der Waals surface area contributed by atoms with Crippen LogP contribution in [-0.2, 0) is 9.53 Å². The third-order valence-electron chi connectivity index (χ3n) is 3.28. The van der Waals surface area contributed by atoms with Gasteiger partial charge in [0.15, 0.2) is 0 Å². The highest BCUT2D eigenvalue weighted by Crippen LogP contribution is 2.15. The summed E-state index contributed by atoms with van der Waals surface area (Å²) >= 11 is 0. The van der Waals surface area contributed by atoms with Crippen LogP contribution in [-0.4, -0.2) is 17.1 Å². The molecule has 106 valence electrons. The van der Waals surface area contributed by atoms with Crippen molar-refractivity contribution in [2.75, 3.05) is 6.61 Å². The summed E-state index contributed by atoms with van der Waals surface area (Å²) in [6.45, 7) is 4.20. The predicted molar refractivity (Wildman–Crippen MR) is 78.8 cm³/mol. The van der Waals surface area contributed by atoms with Crippen molar-refractivity contribution in [1.82, 2.24) is 4.57 Å². The molecule has 0 radical (unpaired) electrons. The Morgan fingerprint density at radius 2 is 2.00 bits per heavy atom. The molecule has 4 heteroatoms. The Hall–Kier alpha value is -2.10. The first-order valence-electron chi connectivity index (χ1n) is 6.95. The second-order valence-corrected chi connectivity index (χ2v) is 4.71. The second kappa shape index (κ2) is 6.37. The SMILES string of the molecule is CCCOC(=O)C(CC)n1ccc2ccccc2c1=O. The number of rotatable bonds is 5. The van der Waals surface area contributed by atoms with E-state index in [0.29, 0.717) is 18.4 Å². The number of esters is 1. The first-order chi connectivity index (χ1) is 9.69. The van der Waals surface area contributed by atoms with E-state index in [0.717, 1.165) is 11.8 Å². The fraction of sp³-hybridized carbons (Fsp3) is 0.375. The Kier molecular flexibility index (Phi) is 4.56. The summed E-state index contributed by atoms with van der Waals surface area (Å²) in [5.41, 5.74) is -0.150. The van der Waals surface area contributed by atoms with E-state index in [1.54, 1.807) is 12.3 Å². The van der Waals surface area contributed by atoms with E-state index in [2.05, 4.69) is 0 Å². The van der Waals surface area contributed by atoms with E-state index in [9.17, 15) is 9.59 Å². The molecule has 0 amide bonds. The van der Waals surface area contributed by atoms with E-state index >= 15 is 0 Å². The molecule has 2 aromatic rings. The largest absolute Gasteiger partial charge is 0.464 e. The molecule has 0 aliphatic heterocycles. The van der Waals surface area contributed by atoms with Gasteiger partial charge in [0.2, 0.25) is 0 Å². The zero-order chi connectivity index (χ0) is 14.5. The van der Waals surface area contributed by atoms with Gasteiger partial charge < -0.3 is 9.30 Å². The quantitative estimate of drug-likeness (QED) is 0.787. The fourth-order valence-corrected chi connectivity index (χ4v) is 2.23. The van der Waals surface area contributed by atoms with Gasteiger partial charge in [-0.25, -0.2) is 4.79 Å². The number of hydrogen-bond acceptors (Lipinski definition) is 3. The van der Waals surface area contributed by atoms with Crippen LogP contribution in [0.3, 0.4) is 0 Å². The smallest absolute Gasteiger partial charge is 0.329 e. The molecule has 1 unspecified atom stereocenters. The van der Waals surface area contributed by atoms with Gasteiger partial charge in [-0.15, -0.1) is 0 Å². The average Bonchev–Trinajstić information content (AvgIpc) is 2.48. The summed E-state index contributed by atoms with van der Waals surface area (Å²) < 4.78 is 6.64. The molecule has 0 aliphatic rings. The second-order valence-electron chi connectivity index (χ2n) is 4.71. The Morgan fingerprint density at radius 1 is 1.25 bits per heavy atom. The van der Waals surface area contributed by atoms with E-state index < -0.39 is 6.04 Å². The normalized spacial score (nSPS) is 12.3. The average molecular weight is 273 g/mol. The van der Waals surface area contributed by atoms with Gasteiger partial charge in [0, 0.05) is 11.6 Å². The van der Waals surface area contributed by atoms with Crippen LogP contribution in [0.15, 0.2) is 41.3 Å². The number of benzene rings is 1. The highest BCUT2D eigenvalue weighted by molar-refractivity contribution is 5.82. The standard InChI is InChI=1S/C16H19NO3/c1-3-11-20-16(19)14(4-2)17-10-9-12-7-5-6-8-13(12)15(17)18/h5-10,14H,3-4,11H2,1-2H3. The number of carbonyl (C=O) groups excluding carboxylic acids is 1. The number of carbonyl (C=O) groups is 1. The monoisotopic (exact) mass is 273 g/mol. The van der Waals surface area contributed by atoms with Gasteiger partial charge in [0.25, 0.3) is 5.56 Å². The van der Waals surface area contributed by atoms with Crippen LogP contribution in [0.2, 0.25) is 0 Å². The molecule has 1 aromatic heterocycles. The van der Waals surface area contributed by atoms with Crippen LogP contribution in [0.1, 0.15) is 32.7 Å². The van der Waals surface area contributed by atoms with E-state index in [-0.39, 0.29) is 11.5 Å². The molecule has 2 rings (SSSR count). The number of aromatic nitrogens is 1. The zero-order valence-corrected chi connectivity index (χ0v) is 11.8. The van der Waals surface area contributed by atoms with Crippen molar-refractivity contribution in [3.05, 3.63) is 46.9 Å². The molecule has 0 N–H and O–H groups in total. The summed E-state index contributed by atoms with van der Waals surface area (Å²) in [6, 6.07) is 8.67. The van der Waals surface area contributed by atoms with Crippen molar-refractivity contribution in [3.8, 4) is 0 Å². The molecule has 20 heavy (non-hydrogen) atoms. The van der Waals surface area contributed by atoms with Crippen molar-refractivity contribution in [1.29, 1.82) is 0 Å². The van der Waals surface area contributed by atoms with Gasteiger partial charge >= 0.3 is 5.97 Å². The highest BCUT2D eigenvalue weighted by atomic mass is 16.5. The number of ether oxygens (including phenoxy) is 1. The van der Waals surface area contributed by atoms with Crippen molar-refractivity contribution in [2.45, 2.75) is 32.7 Å². The van der Waals surface area contributed by atoms with Crippen LogP contribution in [0.5, 0.6) is 0 Å². The third-order valence-corrected chi connectivity index (χ3v) is 3.28. The first-order valence-corrected chi connectivity index (χ1v) is 6.95. The maximum absolute atomic E-state index is 12.5. The summed E-state index contributed by atoms with van der Waals surface area (Å²) in [6.07, 6.45) is 2.97. The molecule has 1 atom stereocenters. The molecule has 0 aliphatic carbocycles. The fourth-order valence-electron chi connectivity index (χ4n) is 2.23. The van der Waals surface area contributed by atoms with Crippen LogP contribution in [0.4, 0.5) is 0 Å². The lowest BCUT2D eigenvalue weighted by atomic mass is 10.1. The molecule has 0 bridgehead atoms. The van der Waals surface area contributed by atoms with Crippen molar-refractivity contribution in [3.63, 3.8) is 0 Å². The van der Waals surface area contributed by atoms with E-state index in [1.165, 1.54) is 4.57 Å². The van der Waals surface area contributed by atoms with Gasteiger partial charge in [-0.1, -0.05) is 32.0 Å². The molecule has 0 saturated heterocycles. The molecule has 0 spiro atoms. The summed E-state index contributed by atoms with van der Waals surface area (Å²) in [5, 5.41) is 1.50. The van der Waals surface area contributed by atoms with Crippen LogP contribution in [0.25, 0.3) is 10.8 Å². The van der Waals surface area contributed by atoms with Crippen molar-refractivity contribution < 1.29 is 9.53 Å². The lowest BCUT2D eigenvalue weighted by Crippen LogP contribution is -2.30. The number of fused-ring (bicyclic) bond motifs is 1. The third kappa shape index (κ3) is 2.74. The van der Waals surface area contributed by atoms with Crippen molar-refractivity contribution >= 4 is 16.7 Å². The summed E-state index contributed by atoms with van der Waals surface area (Å²) in [4.78, 5) is 24.5. The van der Waals surface area contributed by atoms with Crippen LogP contribution < -0.4 is 5.56 Å². The van der Waals surface area contributed by atoms with Gasteiger partial charge in [0.1, 0.15) is 6.04 Å². The van der Waals surface area contributed by atoms with Gasteiger partial charge in [-0.2, -0.15) is 0 Å². The highest BCUT2D eigenvalue weighted by Gasteiger charge is 2.21. The molecule has 1 heterocycles. The minimum absolute atomic E-state index is 0.150. The Balaban J connectivity index is 2.42. The number of pyridine rings is 1. The minimum Gasteiger partial charge on any atom is -0.464 e. The van der Waals surface area contributed by atoms with E-state index in [4.69, 9.17) is 4.74 Å². The van der Waals surface area contributed by atoms with Crippen LogP contribution in [0, 0.1) is 0 Å². The zero-order valence-electron chi connectivity index (χ0n) is 11.8. The molecule has 0 fully saturated rings. The summed E-state index contributed by atoms with van der Waals surface area (Å²) in [7, 11) is 0. The molecule has 4 nitrogen and oxygen atoms in total. The lowest BCUT2D eigenvalue weighted by Gasteiger charge is -2.17. The predicted octanol–water partition coefficient (Wildman–Crippen LogP) is 2.91. The van der Waals surface area contributed by atoms with E-state index in [1.807, 2.05) is 38.1 Å². The molecular formula is C16H19NO3. The minimum atomic E-state index is -0.557. The maximum Gasteiger partial charge on any atom is 0.329 e. The van der Waals surface area contributed by atoms with Gasteiger partial charge in [-0.05, 0) is 30.4 Å². The number of hydrogen-bond donors (Lipinski definition) is 0. The van der Waals surface area contributed by atoms with Crippen molar-refractivity contribution in [2.24, 2.45) is 0 Å². The maximum atomic E-state index is 12.5. The molecule has 1 aromatic carbocycles. The Morgan fingerprint density at radius 3 is 2.70 bits per heavy atom. The van der Waals surface area contributed by atoms with Crippen LogP contribution >= 0.6 is 0 Å². The number of nitrogens with zero attached hydrogens (tertiary/aromatic N) is 1. The molecule has 0 saturated carbocycles. The summed E-state index contributed by atoms with van der Waals surface area (Å²) in [5.74, 6) is -0.341. The lowest BCUT2D eigenvalue weighted by molar-refractivity contribution is -0.147.